The molecule has 0 aliphatic carbocycles. The Morgan fingerprint density at radius 2 is 2.00 bits per heavy atom. The van der Waals surface area contributed by atoms with E-state index in [0.717, 1.165) is 5.56 Å². The van der Waals surface area contributed by atoms with Gasteiger partial charge in [0.15, 0.2) is 5.82 Å². The number of methoxy groups -OCH3 is 1. The van der Waals surface area contributed by atoms with Crippen molar-refractivity contribution in [2.45, 2.75) is 19.6 Å². The molecule has 0 aliphatic rings. The number of nitrogens with one attached hydrogen (secondary N) is 2. The Morgan fingerprint density at radius 1 is 1.19 bits per heavy atom. The number of urea groups is 1. The van der Waals surface area contributed by atoms with Gasteiger partial charge in [0.1, 0.15) is 0 Å². The van der Waals surface area contributed by atoms with Gasteiger partial charge < -0.3 is 4.74 Å². The Bertz CT molecular complexity index is 865. The number of carbonyl (C=O) groups excluding carboxylic acids is 1. The second kappa shape index (κ2) is 8.21. The van der Waals surface area contributed by atoms with Gasteiger partial charge in [-0.3, -0.25) is 15.3 Å². The van der Waals surface area contributed by atoms with E-state index in [4.69, 9.17) is 4.74 Å². The maximum absolute atomic E-state index is 12.1. The highest BCUT2D eigenvalue weighted by Crippen LogP contribution is 2.18. The van der Waals surface area contributed by atoms with Crippen molar-refractivity contribution >= 4 is 17.8 Å². The van der Waals surface area contributed by atoms with Crippen LogP contribution < -0.4 is 10.6 Å². The van der Waals surface area contributed by atoms with Crippen LogP contribution in [-0.4, -0.2) is 32.9 Å². The van der Waals surface area contributed by atoms with Gasteiger partial charge in [-0.15, -0.1) is 0 Å². The fourth-order valence-electron chi connectivity index (χ4n) is 2.44. The first-order chi connectivity index (χ1) is 12.7. The first-order valence-electron chi connectivity index (χ1n) is 8.14. The van der Waals surface area contributed by atoms with Gasteiger partial charge in [-0.25, -0.2) is 14.8 Å². The molecular weight excluding hydrogens is 332 g/mol. The number of hydrogen-bond acceptors (Lipinski definition) is 5. The molecular formula is C18H20N6O2. The maximum Gasteiger partial charge on any atom is 0.327 e. The first kappa shape index (κ1) is 17.6. The summed E-state index contributed by atoms with van der Waals surface area (Å²) in [6, 6.07) is 13.1. The molecule has 26 heavy (non-hydrogen) atoms. The summed E-state index contributed by atoms with van der Waals surface area (Å²) >= 11 is 0. The average Bonchev–Trinajstić information content (AvgIpc) is 3.10. The highest BCUT2D eigenvalue weighted by Gasteiger charge is 2.11. The zero-order valence-electron chi connectivity index (χ0n) is 14.6. The van der Waals surface area contributed by atoms with E-state index in [1.54, 1.807) is 30.1 Å². The van der Waals surface area contributed by atoms with Gasteiger partial charge in [-0.2, -0.15) is 5.10 Å². The summed E-state index contributed by atoms with van der Waals surface area (Å²) < 4.78 is 6.81. The summed E-state index contributed by atoms with van der Waals surface area (Å²) in [4.78, 5) is 20.3. The van der Waals surface area contributed by atoms with E-state index in [0.29, 0.717) is 18.1 Å². The van der Waals surface area contributed by atoms with E-state index in [1.807, 2.05) is 43.5 Å². The van der Waals surface area contributed by atoms with Crippen molar-refractivity contribution in [1.82, 2.24) is 19.7 Å². The molecule has 8 heteroatoms. The number of amides is 2. The number of anilines is 2. The minimum atomic E-state index is -0.461. The number of benzene rings is 1. The third-order valence-corrected chi connectivity index (χ3v) is 3.76. The monoisotopic (exact) mass is 352 g/mol. The van der Waals surface area contributed by atoms with Gasteiger partial charge >= 0.3 is 6.03 Å². The lowest BCUT2D eigenvalue weighted by Gasteiger charge is -2.12. The summed E-state index contributed by atoms with van der Waals surface area (Å²) in [6.45, 7) is 2.39. The molecule has 2 N–H and O–H groups in total. The summed E-state index contributed by atoms with van der Waals surface area (Å²) in [7, 11) is 1.58. The molecule has 0 saturated carbocycles. The third kappa shape index (κ3) is 4.42. The van der Waals surface area contributed by atoms with Gasteiger partial charge in [-0.05, 0) is 18.6 Å². The Hall–Kier alpha value is -3.26. The summed E-state index contributed by atoms with van der Waals surface area (Å²) in [6.07, 6.45) is 3.39. The molecule has 0 fully saturated rings. The number of carbonyl (C=O) groups is 1. The predicted octanol–water partition coefficient (Wildman–Crippen LogP) is 3.07. The molecule has 1 unspecified atom stereocenters. The van der Waals surface area contributed by atoms with Crippen molar-refractivity contribution in [3.63, 3.8) is 0 Å². The van der Waals surface area contributed by atoms with E-state index in [-0.39, 0.29) is 12.0 Å². The minimum absolute atomic E-state index is 0.0591. The van der Waals surface area contributed by atoms with E-state index in [9.17, 15) is 4.79 Å². The van der Waals surface area contributed by atoms with Crippen LogP contribution in [0.4, 0.5) is 16.6 Å². The standard InChI is InChI=1S/C18H20N6O2/c1-13(14-6-4-3-5-7-14)24-11-9-16(23-24)21-18(25)22-17-19-10-8-15(20-17)12-26-2/h3-11,13H,12H2,1-2H3,(H2,19,20,21,22,23,25). The SMILES string of the molecule is COCc1ccnc(NC(=O)Nc2ccn(C(C)c3ccccc3)n2)n1. The quantitative estimate of drug-likeness (QED) is 0.711. The number of ether oxygens (including phenoxy) is 1. The lowest BCUT2D eigenvalue weighted by molar-refractivity contribution is 0.181. The van der Waals surface area contributed by atoms with Crippen LogP contribution in [0.3, 0.4) is 0 Å². The fraction of sp³-hybridized carbons (Fsp3) is 0.222. The summed E-state index contributed by atoms with van der Waals surface area (Å²) in [5, 5.41) is 9.66. The predicted molar refractivity (Wildman–Crippen MR) is 97.9 cm³/mol. The molecule has 2 heterocycles. The minimum Gasteiger partial charge on any atom is -0.378 e. The first-order valence-corrected chi connectivity index (χ1v) is 8.14. The molecule has 1 aromatic carbocycles. The van der Waals surface area contributed by atoms with E-state index < -0.39 is 6.03 Å². The zero-order valence-corrected chi connectivity index (χ0v) is 14.6. The second-order valence-electron chi connectivity index (χ2n) is 5.65. The van der Waals surface area contributed by atoms with Crippen molar-refractivity contribution in [2.24, 2.45) is 0 Å². The van der Waals surface area contributed by atoms with Crippen LogP contribution in [0.25, 0.3) is 0 Å². The Labute approximate surface area is 151 Å². The van der Waals surface area contributed by atoms with Crippen LogP contribution in [0.5, 0.6) is 0 Å². The van der Waals surface area contributed by atoms with E-state index >= 15 is 0 Å². The number of aromatic nitrogens is 4. The van der Waals surface area contributed by atoms with Crippen molar-refractivity contribution < 1.29 is 9.53 Å². The van der Waals surface area contributed by atoms with Crippen LogP contribution in [-0.2, 0) is 11.3 Å². The number of rotatable bonds is 6. The van der Waals surface area contributed by atoms with Crippen LogP contribution in [0, 0.1) is 0 Å². The zero-order chi connectivity index (χ0) is 18.4. The molecule has 134 valence electrons. The van der Waals surface area contributed by atoms with Gasteiger partial charge in [0.2, 0.25) is 5.95 Å². The van der Waals surface area contributed by atoms with E-state index in [1.165, 1.54) is 0 Å². The van der Waals surface area contributed by atoms with E-state index in [2.05, 4.69) is 25.7 Å². The molecule has 0 bridgehead atoms. The van der Waals surface area contributed by atoms with Crippen LogP contribution in [0.1, 0.15) is 24.2 Å². The highest BCUT2D eigenvalue weighted by atomic mass is 16.5. The molecule has 0 spiro atoms. The van der Waals surface area contributed by atoms with Gasteiger partial charge in [0.25, 0.3) is 0 Å². The average molecular weight is 352 g/mol. The normalized spacial score (nSPS) is 11.8. The molecule has 1 atom stereocenters. The van der Waals surface area contributed by atoms with Crippen molar-refractivity contribution in [3.8, 4) is 0 Å². The smallest absolute Gasteiger partial charge is 0.327 e. The Kier molecular flexibility index (Phi) is 5.55. The molecule has 3 rings (SSSR count). The third-order valence-electron chi connectivity index (χ3n) is 3.76. The molecule has 8 nitrogen and oxygen atoms in total. The van der Waals surface area contributed by atoms with Crippen molar-refractivity contribution in [2.75, 3.05) is 17.7 Å². The lowest BCUT2D eigenvalue weighted by atomic mass is 10.1. The van der Waals surface area contributed by atoms with Crippen molar-refractivity contribution in [3.05, 3.63) is 66.1 Å². The van der Waals surface area contributed by atoms with Crippen molar-refractivity contribution in [1.29, 1.82) is 0 Å². The second-order valence-corrected chi connectivity index (χ2v) is 5.65. The van der Waals surface area contributed by atoms with Crippen LogP contribution in [0.15, 0.2) is 54.9 Å². The maximum atomic E-state index is 12.1. The Balaban J connectivity index is 1.62. The summed E-state index contributed by atoms with van der Waals surface area (Å²) in [5.74, 6) is 0.646. The topological polar surface area (TPSA) is 94.0 Å². The molecule has 0 aliphatic heterocycles. The Morgan fingerprint density at radius 3 is 2.77 bits per heavy atom. The number of hydrogen-bond donors (Lipinski definition) is 2. The molecule has 2 amide bonds. The lowest BCUT2D eigenvalue weighted by Crippen LogP contribution is -2.21. The molecule has 0 radical (unpaired) electrons. The van der Waals surface area contributed by atoms with Crippen LogP contribution >= 0.6 is 0 Å². The largest absolute Gasteiger partial charge is 0.378 e. The molecule has 0 saturated heterocycles. The van der Waals surface area contributed by atoms with Crippen LogP contribution in [0.2, 0.25) is 0 Å². The van der Waals surface area contributed by atoms with Gasteiger partial charge in [-0.1, -0.05) is 30.3 Å². The van der Waals surface area contributed by atoms with Gasteiger partial charge in [0, 0.05) is 25.6 Å². The fourth-order valence-corrected chi connectivity index (χ4v) is 2.44. The molecule has 3 aromatic rings. The molecule has 2 aromatic heterocycles. The van der Waals surface area contributed by atoms with Gasteiger partial charge in [0.05, 0.1) is 18.3 Å². The summed E-state index contributed by atoms with van der Waals surface area (Å²) in [5.41, 5.74) is 1.81. The highest BCUT2D eigenvalue weighted by molar-refractivity contribution is 5.97. The number of nitrogens with zero attached hydrogens (tertiary/aromatic N) is 4.